The van der Waals surface area contributed by atoms with Gasteiger partial charge in [-0.3, -0.25) is 0 Å². The van der Waals surface area contributed by atoms with Gasteiger partial charge in [0.05, 0.1) is 18.2 Å². The first-order valence-electron chi connectivity index (χ1n) is 6.93. The number of imidazole rings is 1. The fraction of sp³-hybridized carbons (Fsp3) is 0.429. The van der Waals surface area contributed by atoms with E-state index in [0.717, 1.165) is 25.6 Å². The van der Waals surface area contributed by atoms with Gasteiger partial charge in [0, 0.05) is 25.2 Å². The number of hydrogen-bond acceptors (Lipinski definition) is 5. The van der Waals surface area contributed by atoms with Crippen molar-refractivity contribution in [1.29, 1.82) is 0 Å². The van der Waals surface area contributed by atoms with Crippen LogP contribution in [0, 0.1) is 5.82 Å². The summed E-state index contributed by atoms with van der Waals surface area (Å²) >= 11 is 0. The fourth-order valence-corrected chi connectivity index (χ4v) is 3.29. The van der Waals surface area contributed by atoms with Crippen molar-refractivity contribution in [2.24, 2.45) is 0 Å². The first-order chi connectivity index (χ1) is 10.2. The molecule has 2 atom stereocenters. The van der Waals surface area contributed by atoms with E-state index in [1.54, 1.807) is 0 Å². The molecule has 110 valence electrons. The lowest BCUT2D eigenvalue weighted by atomic mass is 10.2. The van der Waals surface area contributed by atoms with Crippen molar-refractivity contribution in [3.8, 4) is 0 Å². The Hall–Kier alpha value is -2.15. The number of carbonyl (C=O) groups is 1. The largest absolute Gasteiger partial charge is 0.465 e. The lowest BCUT2D eigenvalue weighted by Gasteiger charge is -2.26. The maximum atomic E-state index is 13.7. The van der Waals surface area contributed by atoms with E-state index in [0.29, 0.717) is 29.1 Å². The van der Waals surface area contributed by atoms with Crippen molar-refractivity contribution in [3.63, 3.8) is 0 Å². The van der Waals surface area contributed by atoms with Crippen molar-refractivity contribution >= 4 is 23.0 Å². The topological polar surface area (TPSA) is 70.2 Å². The van der Waals surface area contributed by atoms with Crippen molar-refractivity contribution < 1.29 is 13.9 Å². The minimum absolute atomic E-state index is 0.150. The van der Waals surface area contributed by atoms with Crippen LogP contribution in [0.4, 0.5) is 10.3 Å². The summed E-state index contributed by atoms with van der Waals surface area (Å²) in [5.74, 6) is -0.375. The van der Waals surface area contributed by atoms with Gasteiger partial charge in [-0.1, -0.05) is 0 Å². The zero-order valence-electron chi connectivity index (χ0n) is 11.5. The summed E-state index contributed by atoms with van der Waals surface area (Å²) < 4.78 is 18.4. The number of nitrogens with one attached hydrogen (secondary N) is 2. The summed E-state index contributed by atoms with van der Waals surface area (Å²) in [5.41, 5.74) is 1.12. The van der Waals surface area contributed by atoms with Crippen LogP contribution in [0.25, 0.3) is 11.0 Å². The van der Waals surface area contributed by atoms with Crippen LogP contribution >= 0.6 is 0 Å². The molecule has 1 aromatic heterocycles. The highest BCUT2D eigenvalue weighted by Gasteiger charge is 2.39. The molecule has 6 nitrogen and oxygen atoms in total. The van der Waals surface area contributed by atoms with Crippen LogP contribution in [0.3, 0.4) is 0 Å². The monoisotopic (exact) mass is 290 g/mol. The van der Waals surface area contributed by atoms with E-state index in [1.807, 2.05) is 0 Å². The number of ether oxygens (including phenoxy) is 1. The molecule has 2 saturated heterocycles. The van der Waals surface area contributed by atoms with E-state index in [1.165, 1.54) is 13.2 Å². The Morgan fingerprint density at radius 3 is 3.05 bits per heavy atom. The second-order valence-corrected chi connectivity index (χ2v) is 5.55. The molecule has 0 aliphatic carbocycles. The first kappa shape index (κ1) is 12.6. The van der Waals surface area contributed by atoms with E-state index in [-0.39, 0.29) is 5.56 Å². The van der Waals surface area contributed by atoms with E-state index in [9.17, 15) is 9.18 Å². The molecule has 2 fully saturated rings. The van der Waals surface area contributed by atoms with Crippen LogP contribution < -0.4 is 10.2 Å². The average molecular weight is 290 g/mol. The second kappa shape index (κ2) is 4.42. The molecule has 0 amide bonds. The maximum absolute atomic E-state index is 13.7. The summed E-state index contributed by atoms with van der Waals surface area (Å²) in [4.78, 5) is 21.6. The summed E-state index contributed by atoms with van der Waals surface area (Å²) in [6.07, 6.45) is 1.09. The number of nitrogens with zero attached hydrogens (tertiary/aromatic N) is 2. The quantitative estimate of drug-likeness (QED) is 0.809. The molecule has 2 aliphatic rings. The van der Waals surface area contributed by atoms with Crippen molar-refractivity contribution in [1.82, 2.24) is 15.3 Å². The third-order valence-corrected chi connectivity index (χ3v) is 4.27. The SMILES string of the molecule is COC(=O)c1cc(F)cc2[nH]c(N3C[C@@H]4C[C@H]3CN4)nc12. The fourth-order valence-electron chi connectivity index (χ4n) is 3.29. The lowest BCUT2D eigenvalue weighted by Crippen LogP contribution is -2.44. The van der Waals surface area contributed by atoms with E-state index < -0.39 is 11.8 Å². The second-order valence-electron chi connectivity index (χ2n) is 5.55. The standard InChI is InChI=1S/C14H15FN4O2/c1-21-13(20)10-2-7(15)3-11-12(10)18-14(17-11)19-6-8-4-9(19)5-16-8/h2-3,8-9,16H,4-6H2,1H3,(H,17,18)/t8-,9-/m0/s1. The number of aromatic amines is 1. The van der Waals surface area contributed by atoms with Gasteiger partial charge in [-0.25, -0.2) is 14.2 Å². The van der Waals surface area contributed by atoms with E-state index in [4.69, 9.17) is 4.74 Å². The molecule has 2 aliphatic heterocycles. The highest BCUT2D eigenvalue weighted by Crippen LogP contribution is 2.30. The Kier molecular flexibility index (Phi) is 2.65. The predicted molar refractivity (Wildman–Crippen MR) is 74.9 cm³/mol. The number of anilines is 1. The molecular formula is C14H15FN4O2. The van der Waals surface area contributed by atoms with Gasteiger partial charge in [-0.2, -0.15) is 0 Å². The van der Waals surface area contributed by atoms with Gasteiger partial charge in [0.25, 0.3) is 0 Å². The van der Waals surface area contributed by atoms with Gasteiger partial charge in [0.1, 0.15) is 11.3 Å². The van der Waals surface area contributed by atoms with Crippen LogP contribution in [-0.4, -0.2) is 48.2 Å². The van der Waals surface area contributed by atoms with Gasteiger partial charge >= 0.3 is 5.97 Å². The molecular weight excluding hydrogens is 275 g/mol. The van der Waals surface area contributed by atoms with Crippen LogP contribution in [0.1, 0.15) is 16.8 Å². The van der Waals surface area contributed by atoms with E-state index >= 15 is 0 Å². The Bertz CT molecular complexity index is 729. The van der Waals surface area contributed by atoms with Crippen LogP contribution in [0.15, 0.2) is 12.1 Å². The van der Waals surface area contributed by atoms with Gasteiger partial charge in [0.15, 0.2) is 0 Å². The average Bonchev–Trinajstić information content (AvgIpc) is 3.18. The predicted octanol–water partition coefficient (Wildman–Crippen LogP) is 1.04. The van der Waals surface area contributed by atoms with Gasteiger partial charge in [-0.05, 0) is 18.6 Å². The molecule has 4 rings (SSSR count). The number of piperazine rings is 1. The molecule has 21 heavy (non-hydrogen) atoms. The number of carbonyl (C=O) groups excluding carboxylic acids is 1. The molecule has 2 aromatic rings. The highest BCUT2D eigenvalue weighted by molar-refractivity contribution is 6.02. The molecule has 7 heteroatoms. The van der Waals surface area contributed by atoms with Gasteiger partial charge in [0.2, 0.25) is 5.95 Å². The maximum Gasteiger partial charge on any atom is 0.340 e. The Morgan fingerprint density at radius 1 is 1.52 bits per heavy atom. The minimum atomic E-state index is -0.581. The molecule has 0 spiro atoms. The normalized spacial score (nSPS) is 24.0. The zero-order chi connectivity index (χ0) is 14.6. The number of halogens is 1. The number of esters is 1. The Morgan fingerprint density at radius 2 is 2.38 bits per heavy atom. The summed E-state index contributed by atoms with van der Waals surface area (Å²) in [6, 6.07) is 3.41. The van der Waals surface area contributed by atoms with Crippen LogP contribution in [0.2, 0.25) is 0 Å². The Balaban J connectivity index is 1.80. The van der Waals surface area contributed by atoms with Gasteiger partial charge < -0.3 is 19.9 Å². The molecule has 2 bridgehead atoms. The van der Waals surface area contributed by atoms with Crippen LogP contribution in [0.5, 0.6) is 0 Å². The van der Waals surface area contributed by atoms with Gasteiger partial charge in [-0.15, -0.1) is 0 Å². The molecule has 3 heterocycles. The number of aromatic nitrogens is 2. The van der Waals surface area contributed by atoms with Crippen LogP contribution in [-0.2, 0) is 4.74 Å². The zero-order valence-corrected chi connectivity index (χ0v) is 11.5. The Labute approximate surface area is 120 Å². The van der Waals surface area contributed by atoms with E-state index in [2.05, 4.69) is 20.2 Å². The number of hydrogen-bond donors (Lipinski definition) is 2. The third kappa shape index (κ3) is 1.88. The summed E-state index contributed by atoms with van der Waals surface area (Å²) in [5, 5.41) is 3.42. The first-order valence-corrected chi connectivity index (χ1v) is 6.93. The molecule has 0 unspecified atom stereocenters. The number of fused-ring (bicyclic) bond motifs is 3. The molecule has 0 saturated carbocycles. The summed E-state index contributed by atoms with van der Waals surface area (Å²) in [7, 11) is 1.28. The van der Waals surface area contributed by atoms with Crippen molar-refractivity contribution in [2.75, 3.05) is 25.1 Å². The lowest BCUT2D eigenvalue weighted by molar-refractivity contribution is 0.0602. The molecule has 1 aromatic carbocycles. The minimum Gasteiger partial charge on any atom is -0.465 e. The third-order valence-electron chi connectivity index (χ3n) is 4.27. The van der Waals surface area contributed by atoms with Crippen molar-refractivity contribution in [3.05, 3.63) is 23.5 Å². The highest BCUT2D eigenvalue weighted by atomic mass is 19.1. The number of methoxy groups -OCH3 is 1. The van der Waals surface area contributed by atoms with Crippen molar-refractivity contribution in [2.45, 2.75) is 18.5 Å². The summed E-state index contributed by atoms with van der Waals surface area (Å²) in [6.45, 7) is 1.81. The number of H-pyrrole nitrogens is 1. The number of benzene rings is 1. The molecule has 2 N–H and O–H groups in total. The molecule has 0 radical (unpaired) electrons. The number of rotatable bonds is 2. The smallest absolute Gasteiger partial charge is 0.340 e.